The maximum atomic E-state index is 11.0. The number of nitrogens with one attached hydrogen (secondary N) is 1. The van der Waals surface area contributed by atoms with Gasteiger partial charge in [0.1, 0.15) is 0 Å². The van der Waals surface area contributed by atoms with E-state index in [1.165, 1.54) is 7.05 Å². The number of nitrogens with two attached hydrogens (primary N) is 2. The van der Waals surface area contributed by atoms with Crippen molar-refractivity contribution >= 4 is 11.8 Å². The van der Waals surface area contributed by atoms with E-state index >= 15 is 0 Å². The summed E-state index contributed by atoms with van der Waals surface area (Å²) < 4.78 is 0. The van der Waals surface area contributed by atoms with E-state index in [1.54, 1.807) is 0 Å². The van der Waals surface area contributed by atoms with Gasteiger partial charge in [-0.3, -0.25) is 9.59 Å². The summed E-state index contributed by atoms with van der Waals surface area (Å²) in [6.45, 7) is -0.368. The number of carbonyl (C=O) groups is 2. The van der Waals surface area contributed by atoms with Gasteiger partial charge in [-0.05, 0) is 0 Å². The molecule has 0 unspecified atom stereocenters. The van der Waals surface area contributed by atoms with Crippen LogP contribution < -0.4 is 16.8 Å². The molecular formula is C6H13N3O3. The maximum absolute atomic E-state index is 11.0. The quantitative estimate of drug-likeness (QED) is 0.347. The van der Waals surface area contributed by atoms with E-state index in [9.17, 15) is 9.59 Å². The topological polar surface area (TPSA) is 118 Å². The highest BCUT2D eigenvalue weighted by molar-refractivity contribution is 6.08. The van der Waals surface area contributed by atoms with Gasteiger partial charge in [-0.2, -0.15) is 0 Å². The second-order valence-electron chi connectivity index (χ2n) is 2.39. The Kier molecular flexibility index (Phi) is 3.65. The highest BCUT2D eigenvalue weighted by Gasteiger charge is 2.38. The van der Waals surface area contributed by atoms with Crippen molar-refractivity contribution in [3.05, 3.63) is 0 Å². The van der Waals surface area contributed by atoms with E-state index in [0.717, 1.165) is 0 Å². The molecule has 0 saturated carbocycles. The lowest BCUT2D eigenvalue weighted by Crippen LogP contribution is -2.62. The largest absolute Gasteiger partial charge is 0.396 e. The fourth-order valence-electron chi connectivity index (χ4n) is 0.748. The third kappa shape index (κ3) is 1.93. The van der Waals surface area contributed by atoms with Gasteiger partial charge < -0.3 is 21.9 Å². The molecule has 0 aromatic rings. The fourth-order valence-corrected chi connectivity index (χ4v) is 0.748. The van der Waals surface area contributed by atoms with Gasteiger partial charge in [0.25, 0.3) is 0 Å². The van der Waals surface area contributed by atoms with Gasteiger partial charge in [0, 0.05) is 20.1 Å². The second kappa shape index (κ2) is 4.03. The van der Waals surface area contributed by atoms with Crippen LogP contribution in [0, 0.1) is 0 Å². The summed E-state index contributed by atoms with van der Waals surface area (Å²) in [5, 5.41) is 10.7. The number of amides is 2. The van der Waals surface area contributed by atoms with E-state index in [-0.39, 0.29) is 13.0 Å². The van der Waals surface area contributed by atoms with Crippen LogP contribution in [0.1, 0.15) is 6.42 Å². The van der Waals surface area contributed by atoms with Gasteiger partial charge in [0.15, 0.2) is 5.54 Å². The smallest absolute Gasteiger partial charge is 0.249 e. The summed E-state index contributed by atoms with van der Waals surface area (Å²) in [7, 11) is 1.34. The van der Waals surface area contributed by atoms with Gasteiger partial charge in [-0.1, -0.05) is 0 Å². The van der Waals surface area contributed by atoms with Crippen LogP contribution in [0.2, 0.25) is 0 Å². The van der Waals surface area contributed by atoms with Crippen molar-refractivity contribution in [3.8, 4) is 0 Å². The number of hydrogen-bond acceptors (Lipinski definition) is 4. The van der Waals surface area contributed by atoms with Crippen molar-refractivity contribution in [3.63, 3.8) is 0 Å². The summed E-state index contributed by atoms with van der Waals surface area (Å²) in [6, 6.07) is 0. The number of rotatable bonds is 4. The van der Waals surface area contributed by atoms with Crippen LogP contribution in [-0.4, -0.2) is 36.1 Å². The Morgan fingerprint density at radius 3 is 2.33 bits per heavy atom. The molecule has 6 N–H and O–H groups in total. The van der Waals surface area contributed by atoms with Gasteiger partial charge in [-0.15, -0.1) is 0 Å². The molecule has 2 amide bonds. The fraction of sp³-hybridized carbons (Fsp3) is 0.667. The van der Waals surface area contributed by atoms with E-state index in [0.29, 0.717) is 0 Å². The Hall–Kier alpha value is -1.14. The molecule has 12 heavy (non-hydrogen) atoms. The Morgan fingerprint density at radius 1 is 1.58 bits per heavy atom. The first kappa shape index (κ1) is 10.9. The number of carbonyl (C=O) groups excluding carboxylic acids is 2. The van der Waals surface area contributed by atoms with Crippen LogP contribution in [0.25, 0.3) is 0 Å². The Balaban J connectivity index is 4.61. The van der Waals surface area contributed by atoms with Gasteiger partial charge >= 0.3 is 0 Å². The molecule has 0 aromatic carbocycles. The van der Waals surface area contributed by atoms with Crippen molar-refractivity contribution in [1.82, 2.24) is 5.32 Å². The minimum atomic E-state index is -1.80. The SMILES string of the molecule is CNC(=O)[C@@](N)(CCO)C(N)=O. The van der Waals surface area contributed by atoms with E-state index < -0.39 is 17.4 Å². The number of aliphatic hydroxyl groups excluding tert-OH is 1. The first-order valence-electron chi connectivity index (χ1n) is 3.41. The molecule has 0 bridgehead atoms. The van der Waals surface area contributed by atoms with E-state index in [2.05, 4.69) is 5.32 Å². The van der Waals surface area contributed by atoms with Crippen molar-refractivity contribution in [1.29, 1.82) is 0 Å². The molecule has 0 saturated heterocycles. The molecule has 0 heterocycles. The van der Waals surface area contributed by atoms with Crippen LogP contribution in [-0.2, 0) is 9.59 Å². The Labute approximate surface area is 69.9 Å². The van der Waals surface area contributed by atoms with Crippen LogP contribution in [0.5, 0.6) is 0 Å². The summed E-state index contributed by atoms with van der Waals surface area (Å²) in [4.78, 5) is 21.8. The summed E-state index contributed by atoms with van der Waals surface area (Å²) >= 11 is 0. The predicted octanol–water partition coefficient (Wildman–Crippen LogP) is -2.70. The third-order valence-electron chi connectivity index (χ3n) is 1.58. The maximum Gasteiger partial charge on any atom is 0.249 e. The number of primary amides is 1. The van der Waals surface area contributed by atoms with Gasteiger partial charge in [0.2, 0.25) is 11.8 Å². The molecule has 1 atom stereocenters. The molecule has 70 valence electrons. The molecule has 0 aliphatic heterocycles. The third-order valence-corrected chi connectivity index (χ3v) is 1.58. The second-order valence-corrected chi connectivity index (χ2v) is 2.39. The highest BCUT2D eigenvalue weighted by Crippen LogP contribution is 2.04. The normalized spacial score (nSPS) is 14.9. The van der Waals surface area contributed by atoms with Crippen molar-refractivity contribution in [2.24, 2.45) is 11.5 Å². The van der Waals surface area contributed by atoms with Crippen LogP contribution in [0.4, 0.5) is 0 Å². The lowest BCUT2D eigenvalue weighted by Gasteiger charge is -2.22. The number of hydrogen-bond donors (Lipinski definition) is 4. The average molecular weight is 175 g/mol. The van der Waals surface area contributed by atoms with Crippen LogP contribution in [0.3, 0.4) is 0 Å². The van der Waals surface area contributed by atoms with Gasteiger partial charge in [-0.25, -0.2) is 0 Å². The lowest BCUT2D eigenvalue weighted by atomic mass is 9.95. The lowest BCUT2D eigenvalue weighted by molar-refractivity contribution is -0.135. The highest BCUT2D eigenvalue weighted by atomic mass is 16.3. The zero-order valence-corrected chi connectivity index (χ0v) is 6.83. The zero-order valence-electron chi connectivity index (χ0n) is 6.83. The molecule has 0 rings (SSSR count). The molecule has 6 nitrogen and oxygen atoms in total. The summed E-state index contributed by atoms with van der Waals surface area (Å²) in [6.07, 6.45) is -0.179. The predicted molar refractivity (Wildman–Crippen MR) is 41.9 cm³/mol. The van der Waals surface area contributed by atoms with Crippen molar-refractivity contribution in [2.75, 3.05) is 13.7 Å². The van der Waals surface area contributed by atoms with Gasteiger partial charge in [0.05, 0.1) is 0 Å². The minimum Gasteiger partial charge on any atom is -0.396 e. The first-order valence-corrected chi connectivity index (χ1v) is 3.41. The van der Waals surface area contributed by atoms with E-state index in [1.807, 2.05) is 0 Å². The molecule has 0 radical (unpaired) electrons. The molecule has 0 aromatic heterocycles. The summed E-state index contributed by atoms with van der Waals surface area (Å²) in [5.74, 6) is -1.64. The van der Waals surface area contributed by atoms with Crippen molar-refractivity contribution < 1.29 is 14.7 Å². The molecular weight excluding hydrogens is 162 g/mol. The minimum absolute atomic E-state index is 0.179. The molecule has 0 fully saturated rings. The molecule has 0 aliphatic rings. The monoisotopic (exact) mass is 175 g/mol. The van der Waals surface area contributed by atoms with E-state index in [4.69, 9.17) is 16.6 Å². The first-order chi connectivity index (χ1) is 5.49. The number of likely N-dealkylation sites (N-methyl/N-ethyl adjacent to an activating group) is 1. The molecule has 0 spiro atoms. The number of aliphatic hydroxyl groups is 1. The summed E-state index contributed by atoms with van der Waals surface area (Å²) in [5.41, 5.74) is 8.45. The average Bonchev–Trinajstić information content (AvgIpc) is 2.03. The molecule has 6 heteroatoms. The zero-order chi connectivity index (χ0) is 9.78. The Bertz CT molecular complexity index is 194. The van der Waals surface area contributed by atoms with Crippen molar-refractivity contribution in [2.45, 2.75) is 12.0 Å². The Morgan fingerprint density at radius 2 is 2.08 bits per heavy atom. The standard InChI is InChI=1S/C6H13N3O3/c1-9-5(12)6(8,2-3-10)4(7)11/h10H,2-3,8H2,1H3,(H2,7,11)(H,9,12)/t6-/m1/s1. The van der Waals surface area contributed by atoms with Crippen LogP contribution in [0.15, 0.2) is 0 Å². The van der Waals surface area contributed by atoms with Crippen LogP contribution >= 0.6 is 0 Å². The molecule has 0 aliphatic carbocycles.